The molecule has 0 spiro atoms. The number of rotatable bonds is 2. The minimum Gasteiger partial charge on any atom is -0.478 e. The van der Waals surface area contributed by atoms with Crippen LogP contribution in [0.25, 0.3) is 22.6 Å². The summed E-state index contributed by atoms with van der Waals surface area (Å²) in [6.45, 7) is 0. The van der Waals surface area contributed by atoms with E-state index in [1.165, 1.54) is 0 Å². The number of hydrogen-bond donors (Lipinski definition) is 1. The second-order valence-corrected chi connectivity index (χ2v) is 6.82. The van der Waals surface area contributed by atoms with Crippen LogP contribution in [0.5, 0.6) is 0 Å². The van der Waals surface area contributed by atoms with Crippen molar-refractivity contribution in [1.82, 2.24) is 4.98 Å². The molecule has 1 aromatic heterocycles. The molecule has 0 amide bonds. The molecule has 1 heterocycles. The highest BCUT2D eigenvalue weighted by Crippen LogP contribution is 2.38. The molecule has 0 atom stereocenters. The minimum atomic E-state index is -0.916. The minimum absolute atomic E-state index is 0.353. The first kappa shape index (κ1) is 16.1. The fourth-order valence-corrected chi connectivity index (χ4v) is 3.79. The molecule has 0 saturated heterocycles. The fourth-order valence-electron chi connectivity index (χ4n) is 3.33. The second kappa shape index (κ2) is 6.17. The van der Waals surface area contributed by atoms with Crippen LogP contribution in [0.15, 0.2) is 42.5 Å². The van der Waals surface area contributed by atoms with Gasteiger partial charge in [0.25, 0.3) is 0 Å². The van der Waals surface area contributed by atoms with Crippen molar-refractivity contribution < 1.29 is 9.90 Å². The third kappa shape index (κ3) is 2.80. The maximum atomic E-state index is 11.8. The first-order chi connectivity index (χ1) is 12.0. The highest BCUT2D eigenvalue weighted by molar-refractivity contribution is 6.35. The number of hydrogen-bond acceptors (Lipinski definition) is 2. The van der Waals surface area contributed by atoms with Crippen molar-refractivity contribution in [1.29, 1.82) is 0 Å². The van der Waals surface area contributed by atoms with Gasteiger partial charge in [-0.25, -0.2) is 9.78 Å². The molecular weight excluding hydrogens is 357 g/mol. The normalized spacial score (nSPS) is 14.9. The average molecular weight is 370 g/mol. The lowest BCUT2D eigenvalue weighted by Crippen LogP contribution is -2.05. The molecule has 124 valence electrons. The van der Waals surface area contributed by atoms with Crippen LogP contribution in [-0.2, 0) is 6.42 Å². The smallest absolute Gasteiger partial charge is 0.336 e. The van der Waals surface area contributed by atoms with Gasteiger partial charge in [0.1, 0.15) is 0 Å². The number of allylic oxidation sites excluding steroid dienone is 1. The molecule has 0 radical (unpaired) electrons. The van der Waals surface area contributed by atoms with E-state index in [0.717, 1.165) is 28.8 Å². The maximum absolute atomic E-state index is 11.8. The molecule has 3 nitrogen and oxygen atoms in total. The Morgan fingerprint density at radius 1 is 1.12 bits per heavy atom. The molecule has 2 aromatic carbocycles. The zero-order valence-corrected chi connectivity index (χ0v) is 14.6. The quantitative estimate of drug-likeness (QED) is 0.627. The molecule has 4 rings (SSSR count). The van der Waals surface area contributed by atoms with E-state index in [-0.39, 0.29) is 0 Å². The van der Waals surface area contributed by atoms with Crippen LogP contribution in [0, 0.1) is 0 Å². The number of halogens is 2. The Labute approximate surface area is 154 Å². The molecule has 1 aliphatic rings. The lowest BCUT2D eigenvalue weighted by molar-refractivity contribution is 0.0698. The SMILES string of the molecule is O=C(O)c1c2c(nc3ccccc13)/C(=C\c1ccc(Cl)cc1Cl)CC2. The number of carboxylic acids is 1. The summed E-state index contributed by atoms with van der Waals surface area (Å²) in [6, 6.07) is 12.7. The van der Waals surface area contributed by atoms with Gasteiger partial charge in [0.05, 0.1) is 16.8 Å². The van der Waals surface area contributed by atoms with Gasteiger partial charge in [-0.1, -0.05) is 47.5 Å². The Balaban J connectivity index is 1.93. The number of carboxylic acid groups (broad SMARTS) is 1. The van der Waals surface area contributed by atoms with Crippen LogP contribution in [0.2, 0.25) is 10.0 Å². The van der Waals surface area contributed by atoms with Crippen LogP contribution >= 0.6 is 23.2 Å². The number of benzene rings is 2. The van der Waals surface area contributed by atoms with Gasteiger partial charge >= 0.3 is 5.97 Å². The number of carbonyl (C=O) groups is 1. The molecular formula is C20H13Cl2NO2. The number of nitrogens with zero attached hydrogens (tertiary/aromatic N) is 1. The molecule has 3 aromatic rings. The maximum Gasteiger partial charge on any atom is 0.336 e. The summed E-state index contributed by atoms with van der Waals surface area (Å²) in [5, 5.41) is 11.5. The van der Waals surface area contributed by atoms with E-state index in [2.05, 4.69) is 0 Å². The van der Waals surface area contributed by atoms with Crippen LogP contribution in [-0.4, -0.2) is 16.1 Å². The van der Waals surface area contributed by atoms with E-state index >= 15 is 0 Å². The van der Waals surface area contributed by atoms with Crippen LogP contribution in [0.4, 0.5) is 0 Å². The van der Waals surface area contributed by atoms with E-state index in [0.29, 0.717) is 32.9 Å². The Hall–Kier alpha value is -2.36. The number of para-hydroxylation sites is 1. The predicted molar refractivity (Wildman–Crippen MR) is 101 cm³/mol. The van der Waals surface area contributed by atoms with Crippen molar-refractivity contribution >= 4 is 51.7 Å². The molecule has 0 aliphatic heterocycles. The van der Waals surface area contributed by atoms with E-state index in [1.807, 2.05) is 36.4 Å². The Kier molecular flexibility index (Phi) is 3.98. The van der Waals surface area contributed by atoms with Crippen LogP contribution in [0.3, 0.4) is 0 Å². The van der Waals surface area contributed by atoms with Crippen molar-refractivity contribution in [2.45, 2.75) is 12.8 Å². The third-order valence-electron chi connectivity index (χ3n) is 4.45. The molecule has 0 bridgehead atoms. The lowest BCUT2D eigenvalue weighted by atomic mass is 10.0. The summed E-state index contributed by atoms with van der Waals surface area (Å²) in [5.41, 5.74) is 4.43. The van der Waals surface area contributed by atoms with Crippen molar-refractivity contribution in [2.75, 3.05) is 0 Å². The van der Waals surface area contributed by atoms with E-state index in [4.69, 9.17) is 28.2 Å². The highest BCUT2D eigenvalue weighted by atomic mass is 35.5. The van der Waals surface area contributed by atoms with Crippen molar-refractivity contribution in [2.24, 2.45) is 0 Å². The molecule has 5 heteroatoms. The zero-order valence-electron chi connectivity index (χ0n) is 13.1. The predicted octanol–water partition coefficient (Wildman–Crippen LogP) is 5.73. The van der Waals surface area contributed by atoms with Gasteiger partial charge in [0.2, 0.25) is 0 Å². The monoisotopic (exact) mass is 369 g/mol. The first-order valence-electron chi connectivity index (χ1n) is 7.85. The Morgan fingerprint density at radius 3 is 2.68 bits per heavy atom. The van der Waals surface area contributed by atoms with Gasteiger partial charge in [-0.15, -0.1) is 0 Å². The van der Waals surface area contributed by atoms with Gasteiger partial charge in [0, 0.05) is 15.4 Å². The van der Waals surface area contributed by atoms with Crippen molar-refractivity contribution in [3.8, 4) is 0 Å². The van der Waals surface area contributed by atoms with Gasteiger partial charge < -0.3 is 5.11 Å². The summed E-state index contributed by atoms with van der Waals surface area (Å²) >= 11 is 12.2. The Bertz CT molecular complexity index is 1060. The van der Waals surface area contributed by atoms with Crippen molar-refractivity contribution in [3.05, 3.63) is 74.9 Å². The molecule has 1 aliphatic carbocycles. The number of fused-ring (bicyclic) bond motifs is 2. The van der Waals surface area contributed by atoms with Gasteiger partial charge in [-0.3, -0.25) is 0 Å². The zero-order chi connectivity index (χ0) is 17.6. The van der Waals surface area contributed by atoms with Crippen LogP contribution in [0.1, 0.15) is 33.6 Å². The van der Waals surface area contributed by atoms with Crippen LogP contribution < -0.4 is 0 Å². The summed E-state index contributed by atoms with van der Waals surface area (Å²) in [4.78, 5) is 16.6. The number of aromatic nitrogens is 1. The van der Waals surface area contributed by atoms with E-state index in [1.54, 1.807) is 12.1 Å². The number of pyridine rings is 1. The van der Waals surface area contributed by atoms with E-state index in [9.17, 15) is 9.90 Å². The average Bonchev–Trinajstić information content (AvgIpc) is 2.97. The molecule has 0 fully saturated rings. The Morgan fingerprint density at radius 2 is 1.92 bits per heavy atom. The molecule has 25 heavy (non-hydrogen) atoms. The van der Waals surface area contributed by atoms with E-state index < -0.39 is 5.97 Å². The summed E-state index contributed by atoms with van der Waals surface area (Å²) in [7, 11) is 0. The first-order valence-corrected chi connectivity index (χ1v) is 8.61. The fraction of sp³-hybridized carbons (Fsp3) is 0.100. The summed E-state index contributed by atoms with van der Waals surface area (Å²) < 4.78 is 0. The van der Waals surface area contributed by atoms with Gasteiger partial charge in [-0.05, 0) is 53.8 Å². The second-order valence-electron chi connectivity index (χ2n) is 5.97. The van der Waals surface area contributed by atoms with Gasteiger partial charge in [0.15, 0.2) is 0 Å². The molecule has 0 unspecified atom stereocenters. The molecule has 0 saturated carbocycles. The lowest BCUT2D eigenvalue weighted by Gasteiger charge is -2.09. The number of aromatic carboxylic acids is 1. The molecule has 1 N–H and O–H groups in total. The summed E-state index contributed by atoms with van der Waals surface area (Å²) in [5.74, 6) is -0.916. The van der Waals surface area contributed by atoms with Gasteiger partial charge in [-0.2, -0.15) is 0 Å². The largest absolute Gasteiger partial charge is 0.478 e. The van der Waals surface area contributed by atoms with Crippen molar-refractivity contribution in [3.63, 3.8) is 0 Å². The highest BCUT2D eigenvalue weighted by Gasteiger charge is 2.26. The topological polar surface area (TPSA) is 50.2 Å². The third-order valence-corrected chi connectivity index (χ3v) is 5.01. The standard InChI is InChI=1S/C20H13Cl2NO2/c21-13-7-5-11(16(22)10-13)9-12-6-8-15-18(20(24)25)14-3-1-2-4-17(14)23-19(12)15/h1-5,7,9-10H,6,8H2,(H,24,25)/b12-9-. The summed E-state index contributed by atoms with van der Waals surface area (Å²) in [6.07, 6.45) is 3.36.